The van der Waals surface area contributed by atoms with Crippen molar-refractivity contribution in [2.75, 3.05) is 22.0 Å². The van der Waals surface area contributed by atoms with E-state index in [4.69, 9.17) is 27.9 Å². The first-order chi connectivity index (χ1) is 11.9. The molecule has 1 aliphatic rings. The summed E-state index contributed by atoms with van der Waals surface area (Å²) >= 11 is 11.7. The molecule has 3 rings (SSSR count). The van der Waals surface area contributed by atoms with E-state index in [1.165, 1.54) is 0 Å². The maximum Gasteiger partial charge on any atom is 0.247 e. The number of hydrogen-bond donors (Lipinski definition) is 2. The SMILES string of the molecule is CCOc1nc(NCC(C)(C)c2ccc(Cl)c(Cl)c2)nc2c1N=IN2. The minimum absolute atomic E-state index is 0.187. The molecule has 0 bridgehead atoms. The highest BCUT2D eigenvalue weighted by Gasteiger charge is 2.23. The topological polar surface area (TPSA) is 71.4 Å². The molecule has 1 aromatic carbocycles. The van der Waals surface area contributed by atoms with E-state index in [0.717, 1.165) is 17.1 Å². The van der Waals surface area contributed by atoms with Gasteiger partial charge in [0.05, 0.1) is 16.7 Å². The lowest BCUT2D eigenvalue weighted by Crippen LogP contribution is -2.28. The molecule has 2 N–H and O–H groups in total. The zero-order chi connectivity index (χ0) is 18.0. The van der Waals surface area contributed by atoms with Crippen LogP contribution in [0.15, 0.2) is 21.3 Å². The second-order valence-electron chi connectivity index (χ2n) is 6.11. The van der Waals surface area contributed by atoms with Crippen LogP contribution in [0.4, 0.5) is 17.5 Å². The molecule has 0 fully saturated rings. The van der Waals surface area contributed by atoms with Crippen molar-refractivity contribution in [3.05, 3.63) is 33.8 Å². The average molecular weight is 494 g/mol. The van der Waals surface area contributed by atoms with E-state index in [0.29, 0.717) is 35.0 Å². The zero-order valence-corrected chi connectivity index (χ0v) is 17.7. The predicted molar refractivity (Wildman–Crippen MR) is 111 cm³/mol. The summed E-state index contributed by atoms with van der Waals surface area (Å²) in [6.45, 7) is 7.32. The molecule has 0 unspecified atom stereocenters. The summed E-state index contributed by atoms with van der Waals surface area (Å²) in [5.74, 6) is 1.78. The minimum atomic E-state index is -0.468. The second kappa shape index (κ2) is 7.59. The van der Waals surface area contributed by atoms with E-state index in [9.17, 15) is 0 Å². The van der Waals surface area contributed by atoms with Crippen LogP contribution in [0.3, 0.4) is 0 Å². The minimum Gasteiger partial charge on any atom is -0.476 e. The van der Waals surface area contributed by atoms with Crippen LogP contribution >= 0.6 is 44.5 Å². The van der Waals surface area contributed by atoms with Gasteiger partial charge in [0.15, 0.2) is 11.5 Å². The number of ether oxygens (including phenoxy) is 1. The van der Waals surface area contributed by atoms with Crippen molar-refractivity contribution in [1.82, 2.24) is 9.97 Å². The molecule has 0 spiro atoms. The van der Waals surface area contributed by atoms with Gasteiger partial charge in [0, 0.05) is 12.0 Å². The van der Waals surface area contributed by atoms with Crippen LogP contribution in [0, 0.1) is 0 Å². The van der Waals surface area contributed by atoms with Crippen LogP contribution in [-0.2, 0) is 5.41 Å². The molecule has 1 aromatic heterocycles. The molecule has 0 radical (unpaired) electrons. The van der Waals surface area contributed by atoms with Crippen molar-refractivity contribution >= 4 is 62.0 Å². The van der Waals surface area contributed by atoms with Crippen LogP contribution in [-0.4, -0.2) is 23.1 Å². The lowest BCUT2D eigenvalue weighted by Gasteiger charge is -2.26. The fraction of sp³-hybridized carbons (Fsp3) is 0.375. The Morgan fingerprint density at radius 1 is 1.24 bits per heavy atom. The maximum atomic E-state index is 6.15. The first-order valence-corrected chi connectivity index (χ1v) is 10.5. The molecule has 1 aliphatic heterocycles. The van der Waals surface area contributed by atoms with Gasteiger partial charge in [-0.05, 0) is 24.6 Å². The Hall–Kier alpha value is -1.19. The van der Waals surface area contributed by atoms with Gasteiger partial charge in [-0.25, -0.2) is 0 Å². The van der Waals surface area contributed by atoms with Crippen LogP contribution in [0.1, 0.15) is 26.3 Å². The molecule has 25 heavy (non-hydrogen) atoms. The zero-order valence-electron chi connectivity index (χ0n) is 14.0. The van der Waals surface area contributed by atoms with Crippen molar-refractivity contribution < 1.29 is 4.74 Å². The molecule has 6 nitrogen and oxygen atoms in total. The predicted octanol–water partition coefficient (Wildman–Crippen LogP) is 5.70. The van der Waals surface area contributed by atoms with Gasteiger partial charge in [0.2, 0.25) is 11.8 Å². The fourth-order valence-corrected chi connectivity index (χ4v) is 4.01. The highest BCUT2D eigenvalue weighted by Crippen LogP contribution is 2.42. The third-order valence-electron chi connectivity index (χ3n) is 3.78. The number of halogens is 3. The van der Waals surface area contributed by atoms with E-state index >= 15 is 0 Å². The van der Waals surface area contributed by atoms with Crippen LogP contribution in [0.2, 0.25) is 10.0 Å². The molecule has 0 amide bonds. The van der Waals surface area contributed by atoms with Gasteiger partial charge in [-0.1, -0.05) is 43.1 Å². The monoisotopic (exact) mass is 493 g/mol. The van der Waals surface area contributed by atoms with Crippen molar-refractivity contribution in [2.24, 2.45) is 3.15 Å². The lowest BCUT2D eigenvalue weighted by molar-refractivity contribution is 0.328. The van der Waals surface area contributed by atoms with Gasteiger partial charge in [0.1, 0.15) is 21.3 Å². The first-order valence-electron chi connectivity index (χ1n) is 7.75. The van der Waals surface area contributed by atoms with E-state index < -0.39 is 21.3 Å². The molecule has 0 saturated heterocycles. The third-order valence-corrected chi connectivity index (χ3v) is 6.00. The number of nitrogens with one attached hydrogen (secondary N) is 2. The van der Waals surface area contributed by atoms with Gasteiger partial charge >= 0.3 is 0 Å². The average Bonchev–Trinajstić information content (AvgIpc) is 3.04. The van der Waals surface area contributed by atoms with Gasteiger partial charge in [-0.3, -0.25) is 0 Å². The van der Waals surface area contributed by atoms with Crippen molar-refractivity contribution in [2.45, 2.75) is 26.2 Å². The van der Waals surface area contributed by atoms with Crippen molar-refractivity contribution in [3.63, 3.8) is 0 Å². The first kappa shape index (κ1) is 18.6. The quantitative estimate of drug-likeness (QED) is 0.399. The number of benzene rings is 1. The molecule has 0 atom stereocenters. The van der Waals surface area contributed by atoms with Gasteiger partial charge in [0.25, 0.3) is 0 Å². The summed E-state index contributed by atoms with van der Waals surface area (Å²) < 4.78 is 13.2. The Balaban J connectivity index is 1.78. The molecule has 2 aromatic rings. The standard InChI is InChI=1S/C16H18Cl2IN5O/c1-4-25-14-12-13(24-19-23-12)21-15(22-14)20-8-16(2,3)9-5-6-10(17)11(18)7-9/h5-7H,4,8H2,1-3H3,(H2,20,21,22,23,24). The molecule has 0 saturated carbocycles. The van der Waals surface area contributed by atoms with Gasteiger partial charge in [-0.15, -0.1) is 0 Å². The van der Waals surface area contributed by atoms with E-state index in [1.807, 2.05) is 25.1 Å². The lowest BCUT2D eigenvalue weighted by atomic mass is 9.84. The number of anilines is 2. The Morgan fingerprint density at radius 2 is 2.04 bits per heavy atom. The Kier molecular flexibility index (Phi) is 5.65. The summed E-state index contributed by atoms with van der Waals surface area (Å²) in [5, 5.41) is 4.40. The Bertz CT molecular complexity index is 828. The normalized spacial score (nSPS) is 13.0. The number of hydrogen-bond acceptors (Lipinski definition) is 6. The van der Waals surface area contributed by atoms with E-state index in [2.05, 4.69) is 35.8 Å². The fourth-order valence-electron chi connectivity index (χ4n) is 2.32. The molecule has 0 aliphatic carbocycles. The summed E-state index contributed by atoms with van der Waals surface area (Å²) in [6.07, 6.45) is 0. The Labute approximate surface area is 167 Å². The van der Waals surface area contributed by atoms with Crippen LogP contribution in [0.25, 0.3) is 0 Å². The number of nitrogens with zero attached hydrogens (tertiary/aromatic N) is 3. The smallest absolute Gasteiger partial charge is 0.247 e. The third kappa shape index (κ3) is 4.15. The van der Waals surface area contributed by atoms with Crippen LogP contribution in [0.5, 0.6) is 5.88 Å². The number of rotatable bonds is 6. The second-order valence-corrected chi connectivity index (χ2v) is 8.43. The summed E-state index contributed by atoms with van der Waals surface area (Å²) in [5.41, 5.74) is 1.62. The molecular formula is C16H18Cl2IN5O. The molecule has 9 heteroatoms. The molecular weight excluding hydrogens is 476 g/mol. The number of aromatic nitrogens is 2. The van der Waals surface area contributed by atoms with Gasteiger partial charge < -0.3 is 13.6 Å². The van der Waals surface area contributed by atoms with Crippen molar-refractivity contribution in [3.8, 4) is 5.88 Å². The highest BCUT2D eigenvalue weighted by molar-refractivity contribution is 14.2. The van der Waals surface area contributed by atoms with Gasteiger partial charge in [-0.2, -0.15) is 13.1 Å². The molecule has 134 valence electrons. The summed E-state index contributed by atoms with van der Waals surface area (Å²) in [4.78, 5) is 8.95. The highest BCUT2D eigenvalue weighted by atomic mass is 127. The van der Waals surface area contributed by atoms with Crippen LogP contribution < -0.4 is 13.6 Å². The van der Waals surface area contributed by atoms with Crippen molar-refractivity contribution in [1.29, 1.82) is 0 Å². The maximum absolute atomic E-state index is 6.15. The van der Waals surface area contributed by atoms with E-state index in [1.54, 1.807) is 0 Å². The van der Waals surface area contributed by atoms with E-state index in [-0.39, 0.29) is 5.41 Å². The number of fused-ring (bicyclic) bond motifs is 1. The Morgan fingerprint density at radius 3 is 2.76 bits per heavy atom. The summed E-state index contributed by atoms with van der Waals surface area (Å²) in [6, 6.07) is 5.69. The summed E-state index contributed by atoms with van der Waals surface area (Å²) in [7, 11) is 0. The molecule has 2 heterocycles. The largest absolute Gasteiger partial charge is 0.476 e.